The van der Waals surface area contributed by atoms with Gasteiger partial charge in [-0.1, -0.05) is 9.95 Å². The second kappa shape index (κ2) is 4.68. The number of alkyl halides is 3. The standard InChI is InChI=1S/C10H13F3N4O3S/c1-6-7(15-17(14-6)10(11,12)13)5-21(18,19)8-4-9(2,3)20-16-8/h4-5H2,1-3H3. The molecule has 0 radical (unpaired) electrons. The minimum absolute atomic E-state index is 0.0573. The Morgan fingerprint density at radius 2 is 1.95 bits per heavy atom. The maximum Gasteiger partial charge on any atom is 0.521 e. The third-order valence-corrected chi connectivity index (χ3v) is 4.35. The van der Waals surface area contributed by atoms with E-state index in [9.17, 15) is 21.6 Å². The normalized spacial score (nSPS) is 18.5. The number of nitrogens with zero attached hydrogens (tertiary/aromatic N) is 4. The van der Waals surface area contributed by atoms with Crippen molar-refractivity contribution in [1.82, 2.24) is 15.0 Å². The molecule has 0 bridgehead atoms. The second-order valence-electron chi connectivity index (χ2n) is 5.26. The first-order chi connectivity index (χ1) is 9.41. The van der Waals surface area contributed by atoms with Crippen LogP contribution in [0.5, 0.6) is 0 Å². The van der Waals surface area contributed by atoms with Crippen LogP contribution in [0.25, 0.3) is 0 Å². The minimum Gasteiger partial charge on any atom is -0.389 e. The summed E-state index contributed by atoms with van der Waals surface area (Å²) >= 11 is 0. The van der Waals surface area contributed by atoms with Crippen LogP contribution in [0, 0.1) is 6.92 Å². The first-order valence-corrected chi connectivity index (χ1v) is 7.54. The van der Waals surface area contributed by atoms with Gasteiger partial charge in [0.1, 0.15) is 17.0 Å². The molecule has 2 heterocycles. The van der Waals surface area contributed by atoms with Gasteiger partial charge in [0, 0.05) is 6.42 Å². The van der Waals surface area contributed by atoms with Crippen LogP contribution in [-0.4, -0.2) is 34.1 Å². The van der Waals surface area contributed by atoms with E-state index in [-0.39, 0.29) is 22.9 Å². The second-order valence-corrected chi connectivity index (χ2v) is 7.25. The highest BCUT2D eigenvalue weighted by Crippen LogP contribution is 2.27. The van der Waals surface area contributed by atoms with E-state index in [0.717, 1.165) is 0 Å². The molecule has 2 rings (SSSR count). The summed E-state index contributed by atoms with van der Waals surface area (Å²) in [6.07, 6.45) is -4.73. The molecule has 0 amide bonds. The van der Waals surface area contributed by atoms with Crippen molar-refractivity contribution in [1.29, 1.82) is 0 Å². The van der Waals surface area contributed by atoms with Crippen molar-refractivity contribution in [3.63, 3.8) is 0 Å². The summed E-state index contributed by atoms with van der Waals surface area (Å²) in [5, 5.41) is 9.64. The molecule has 0 fully saturated rings. The van der Waals surface area contributed by atoms with Crippen LogP contribution >= 0.6 is 0 Å². The SMILES string of the molecule is Cc1nn(C(F)(F)F)nc1CS(=O)(=O)C1=NOC(C)(C)C1. The molecule has 21 heavy (non-hydrogen) atoms. The zero-order chi connectivity index (χ0) is 16.1. The number of oxime groups is 1. The van der Waals surface area contributed by atoms with Gasteiger partial charge in [-0.2, -0.15) is 5.10 Å². The van der Waals surface area contributed by atoms with Crippen LogP contribution in [0.2, 0.25) is 0 Å². The van der Waals surface area contributed by atoms with Crippen molar-refractivity contribution in [2.75, 3.05) is 0 Å². The lowest BCUT2D eigenvalue weighted by molar-refractivity contribution is -0.221. The number of rotatable bonds is 2. The Kier molecular flexibility index (Phi) is 3.51. The molecule has 0 aliphatic carbocycles. The Morgan fingerprint density at radius 3 is 2.38 bits per heavy atom. The van der Waals surface area contributed by atoms with E-state index in [1.165, 1.54) is 6.92 Å². The van der Waals surface area contributed by atoms with Crippen molar-refractivity contribution in [3.8, 4) is 0 Å². The number of aryl methyl sites for hydroxylation is 1. The van der Waals surface area contributed by atoms with Gasteiger partial charge in [0.15, 0.2) is 5.04 Å². The molecule has 1 aromatic heterocycles. The van der Waals surface area contributed by atoms with E-state index >= 15 is 0 Å². The predicted molar refractivity (Wildman–Crippen MR) is 65.9 cm³/mol. The number of hydrogen-bond donors (Lipinski definition) is 0. The van der Waals surface area contributed by atoms with E-state index in [4.69, 9.17) is 4.84 Å². The molecule has 7 nitrogen and oxygen atoms in total. The lowest BCUT2D eigenvalue weighted by atomic mass is 10.1. The van der Waals surface area contributed by atoms with Gasteiger partial charge < -0.3 is 4.84 Å². The van der Waals surface area contributed by atoms with Crippen LogP contribution in [-0.2, 0) is 26.7 Å². The smallest absolute Gasteiger partial charge is 0.389 e. The van der Waals surface area contributed by atoms with Gasteiger partial charge >= 0.3 is 6.30 Å². The van der Waals surface area contributed by atoms with Crippen molar-refractivity contribution in [3.05, 3.63) is 11.4 Å². The maximum atomic E-state index is 12.5. The minimum atomic E-state index is -4.79. The van der Waals surface area contributed by atoms with E-state index in [0.29, 0.717) is 0 Å². The first kappa shape index (κ1) is 15.7. The molecule has 0 spiro atoms. The highest BCUT2D eigenvalue weighted by atomic mass is 32.2. The van der Waals surface area contributed by atoms with Gasteiger partial charge in [-0.25, -0.2) is 8.42 Å². The summed E-state index contributed by atoms with van der Waals surface area (Å²) in [5.41, 5.74) is -1.12. The van der Waals surface area contributed by atoms with Gasteiger partial charge in [-0.05, 0) is 20.8 Å². The first-order valence-electron chi connectivity index (χ1n) is 5.88. The summed E-state index contributed by atoms with van der Waals surface area (Å²) in [7, 11) is -3.90. The number of sulfone groups is 1. The molecule has 1 aliphatic rings. The highest BCUT2D eigenvalue weighted by molar-refractivity contribution is 8.05. The van der Waals surface area contributed by atoms with Crippen molar-refractivity contribution < 1.29 is 26.4 Å². The highest BCUT2D eigenvalue weighted by Gasteiger charge is 2.38. The third-order valence-electron chi connectivity index (χ3n) is 2.76. The molecule has 118 valence electrons. The lowest BCUT2D eigenvalue weighted by Crippen LogP contribution is -2.24. The van der Waals surface area contributed by atoms with Crippen LogP contribution < -0.4 is 0 Å². The average molecular weight is 326 g/mol. The molecular weight excluding hydrogens is 313 g/mol. The Balaban J connectivity index is 2.24. The summed E-state index contributed by atoms with van der Waals surface area (Å²) in [5.74, 6) is -0.701. The zero-order valence-electron chi connectivity index (χ0n) is 11.5. The summed E-state index contributed by atoms with van der Waals surface area (Å²) in [6, 6.07) is 0. The monoisotopic (exact) mass is 326 g/mol. The van der Waals surface area contributed by atoms with Gasteiger partial charge in [-0.15, -0.1) is 18.3 Å². The topological polar surface area (TPSA) is 86.4 Å². The van der Waals surface area contributed by atoms with Gasteiger partial charge in [0.25, 0.3) is 0 Å². The molecule has 1 aromatic rings. The molecule has 0 saturated heterocycles. The molecular formula is C10H13F3N4O3S. The average Bonchev–Trinajstić information content (AvgIpc) is 2.82. The molecule has 0 saturated carbocycles. The maximum absolute atomic E-state index is 12.5. The van der Waals surface area contributed by atoms with E-state index in [1.54, 1.807) is 13.8 Å². The van der Waals surface area contributed by atoms with Crippen LogP contribution in [0.15, 0.2) is 5.16 Å². The van der Waals surface area contributed by atoms with Gasteiger partial charge in [0.05, 0.1) is 5.69 Å². The third kappa shape index (κ3) is 3.34. The Labute approximate surface area is 118 Å². The summed E-state index contributed by atoms with van der Waals surface area (Å²) in [4.78, 5) is 4.50. The fourth-order valence-electron chi connectivity index (χ4n) is 1.69. The quantitative estimate of drug-likeness (QED) is 0.822. The molecule has 0 N–H and O–H groups in total. The molecule has 0 atom stereocenters. The van der Waals surface area contributed by atoms with Gasteiger partial charge in [0.2, 0.25) is 9.84 Å². The van der Waals surface area contributed by atoms with Crippen LogP contribution in [0.1, 0.15) is 31.7 Å². The lowest BCUT2D eigenvalue weighted by Gasteiger charge is -2.13. The summed E-state index contributed by atoms with van der Waals surface area (Å²) < 4.78 is 61.6. The predicted octanol–water partition coefficient (Wildman–Crippen LogP) is 1.49. The molecule has 0 aromatic carbocycles. The molecule has 1 aliphatic heterocycles. The number of aromatic nitrogens is 3. The fraction of sp³-hybridized carbons (Fsp3) is 0.700. The van der Waals surface area contributed by atoms with Gasteiger partial charge in [-0.3, -0.25) is 0 Å². The van der Waals surface area contributed by atoms with E-state index in [1.807, 2.05) is 0 Å². The number of hydrogen-bond acceptors (Lipinski definition) is 6. The van der Waals surface area contributed by atoms with Crippen molar-refractivity contribution in [2.24, 2.45) is 5.16 Å². The largest absolute Gasteiger partial charge is 0.521 e. The van der Waals surface area contributed by atoms with Crippen molar-refractivity contribution in [2.45, 2.75) is 44.8 Å². The zero-order valence-corrected chi connectivity index (χ0v) is 12.3. The summed E-state index contributed by atoms with van der Waals surface area (Å²) in [6.45, 7) is 4.57. The van der Waals surface area contributed by atoms with Crippen molar-refractivity contribution >= 4 is 14.9 Å². The van der Waals surface area contributed by atoms with E-state index in [2.05, 4.69) is 15.4 Å². The fourth-order valence-corrected chi connectivity index (χ4v) is 3.20. The number of halogens is 3. The van der Waals surface area contributed by atoms with Crippen LogP contribution in [0.4, 0.5) is 13.2 Å². The molecule has 0 unspecified atom stereocenters. The Hall–Kier alpha value is -1.65. The Morgan fingerprint density at radius 1 is 1.33 bits per heavy atom. The van der Waals surface area contributed by atoms with Crippen LogP contribution in [0.3, 0.4) is 0 Å². The molecule has 11 heteroatoms. The van der Waals surface area contributed by atoms with E-state index < -0.39 is 32.3 Å². The Bertz CT molecular complexity index is 691.